The van der Waals surface area contributed by atoms with Crippen molar-refractivity contribution in [1.82, 2.24) is 0 Å². The van der Waals surface area contributed by atoms with Crippen molar-refractivity contribution in [3.05, 3.63) is 0 Å². The van der Waals surface area contributed by atoms with Crippen LogP contribution >= 0.6 is 0 Å². The number of aliphatic hydroxyl groups is 2. The highest BCUT2D eigenvalue weighted by Crippen LogP contribution is 2.45. The van der Waals surface area contributed by atoms with E-state index in [-0.39, 0.29) is 6.61 Å². The zero-order valence-corrected chi connectivity index (χ0v) is 9.57. The van der Waals surface area contributed by atoms with Crippen LogP contribution in [0.15, 0.2) is 0 Å². The zero-order chi connectivity index (χ0) is 10.7. The Kier molecular flexibility index (Phi) is 4.04. The van der Waals surface area contributed by atoms with Crippen molar-refractivity contribution in [2.24, 2.45) is 17.8 Å². The number of hydrogen-bond acceptors (Lipinski definition) is 2. The molecule has 2 rings (SSSR count). The van der Waals surface area contributed by atoms with Gasteiger partial charge in [-0.3, -0.25) is 0 Å². The lowest BCUT2D eigenvalue weighted by Gasteiger charge is -2.42. The van der Waals surface area contributed by atoms with Gasteiger partial charge in [0.05, 0.1) is 12.7 Å². The predicted molar refractivity (Wildman–Crippen MR) is 60.5 cm³/mol. The van der Waals surface area contributed by atoms with Gasteiger partial charge in [-0.1, -0.05) is 38.5 Å². The van der Waals surface area contributed by atoms with Crippen LogP contribution in [0.4, 0.5) is 0 Å². The first-order valence-electron chi connectivity index (χ1n) is 6.60. The maximum absolute atomic E-state index is 9.55. The lowest BCUT2D eigenvalue weighted by Crippen LogP contribution is -2.33. The van der Waals surface area contributed by atoms with Crippen LogP contribution in [-0.4, -0.2) is 22.9 Å². The van der Waals surface area contributed by atoms with Gasteiger partial charge in [0.25, 0.3) is 0 Å². The van der Waals surface area contributed by atoms with E-state index in [2.05, 4.69) is 0 Å². The van der Waals surface area contributed by atoms with Crippen molar-refractivity contribution in [3.63, 3.8) is 0 Å². The molecule has 15 heavy (non-hydrogen) atoms. The number of hydrogen-bond donors (Lipinski definition) is 2. The third-order valence-electron chi connectivity index (χ3n) is 4.51. The summed E-state index contributed by atoms with van der Waals surface area (Å²) in [4.78, 5) is 0. The van der Waals surface area contributed by atoms with E-state index >= 15 is 0 Å². The Morgan fingerprint density at radius 3 is 2.53 bits per heavy atom. The molecule has 0 aliphatic heterocycles. The van der Waals surface area contributed by atoms with Crippen LogP contribution in [0.1, 0.15) is 51.4 Å². The molecule has 0 spiro atoms. The molecule has 4 atom stereocenters. The topological polar surface area (TPSA) is 40.5 Å². The molecule has 0 radical (unpaired) electrons. The minimum Gasteiger partial charge on any atom is -0.394 e. The van der Waals surface area contributed by atoms with Gasteiger partial charge >= 0.3 is 0 Å². The molecule has 2 fully saturated rings. The summed E-state index contributed by atoms with van der Waals surface area (Å²) in [5.41, 5.74) is 0. The van der Waals surface area contributed by atoms with Gasteiger partial charge in [0.1, 0.15) is 0 Å². The molecule has 2 aliphatic carbocycles. The highest BCUT2D eigenvalue weighted by molar-refractivity contribution is 4.86. The first-order chi connectivity index (χ1) is 7.31. The summed E-state index contributed by atoms with van der Waals surface area (Å²) in [6.45, 7) is -0.0616. The Bertz CT molecular complexity index is 191. The minimum atomic E-state index is -0.476. The van der Waals surface area contributed by atoms with Crippen LogP contribution in [0.5, 0.6) is 0 Å². The highest BCUT2D eigenvalue weighted by Gasteiger charge is 2.35. The van der Waals surface area contributed by atoms with Gasteiger partial charge in [0.2, 0.25) is 0 Å². The normalized spacial score (nSPS) is 38.4. The molecule has 2 N–H and O–H groups in total. The second-order valence-corrected chi connectivity index (χ2v) is 5.47. The maximum atomic E-state index is 9.55. The zero-order valence-electron chi connectivity index (χ0n) is 9.57. The van der Waals surface area contributed by atoms with Crippen LogP contribution in [0.2, 0.25) is 0 Å². The Hall–Kier alpha value is -0.0800. The lowest BCUT2D eigenvalue weighted by atomic mass is 9.64. The molecule has 0 aromatic rings. The standard InChI is InChI=1S/C13H24O2/c14-9-12(15)8-11-6-3-5-10-4-1-2-7-13(10)11/h10-15H,1-9H2. The van der Waals surface area contributed by atoms with Crippen LogP contribution in [-0.2, 0) is 0 Å². The Morgan fingerprint density at radius 2 is 1.73 bits per heavy atom. The second kappa shape index (κ2) is 5.31. The van der Waals surface area contributed by atoms with E-state index < -0.39 is 6.10 Å². The molecule has 88 valence electrons. The Balaban J connectivity index is 1.91. The Labute approximate surface area is 92.7 Å². The molecule has 0 aromatic heterocycles. The number of fused-ring (bicyclic) bond motifs is 1. The molecular weight excluding hydrogens is 188 g/mol. The van der Waals surface area contributed by atoms with Gasteiger partial charge in [-0.2, -0.15) is 0 Å². The smallest absolute Gasteiger partial charge is 0.0773 e. The molecule has 2 saturated carbocycles. The number of aliphatic hydroxyl groups excluding tert-OH is 2. The summed E-state index contributed by atoms with van der Waals surface area (Å²) in [5, 5.41) is 18.5. The fraction of sp³-hybridized carbons (Fsp3) is 1.00. The van der Waals surface area contributed by atoms with Gasteiger partial charge in [-0.15, -0.1) is 0 Å². The van der Waals surface area contributed by atoms with Gasteiger partial charge < -0.3 is 10.2 Å². The van der Waals surface area contributed by atoms with Crippen molar-refractivity contribution >= 4 is 0 Å². The molecule has 0 heterocycles. The largest absolute Gasteiger partial charge is 0.394 e. The third kappa shape index (κ3) is 2.73. The SMILES string of the molecule is OCC(O)CC1CCCC2CCCCC21. The van der Waals surface area contributed by atoms with E-state index in [1.807, 2.05) is 0 Å². The third-order valence-corrected chi connectivity index (χ3v) is 4.51. The van der Waals surface area contributed by atoms with Crippen LogP contribution in [0.25, 0.3) is 0 Å². The van der Waals surface area contributed by atoms with Crippen molar-refractivity contribution in [1.29, 1.82) is 0 Å². The van der Waals surface area contributed by atoms with E-state index in [1.54, 1.807) is 0 Å². The van der Waals surface area contributed by atoms with Crippen molar-refractivity contribution in [3.8, 4) is 0 Å². The average molecular weight is 212 g/mol. The van der Waals surface area contributed by atoms with E-state index in [1.165, 1.54) is 44.9 Å². The molecule has 0 aromatic carbocycles. The van der Waals surface area contributed by atoms with Gasteiger partial charge in [0, 0.05) is 0 Å². The van der Waals surface area contributed by atoms with E-state index in [4.69, 9.17) is 5.11 Å². The molecule has 2 aliphatic rings. The second-order valence-electron chi connectivity index (χ2n) is 5.47. The molecule has 4 unspecified atom stereocenters. The summed E-state index contributed by atoms with van der Waals surface area (Å²) in [5.74, 6) is 2.48. The molecule has 2 nitrogen and oxygen atoms in total. The summed E-state index contributed by atoms with van der Waals surface area (Å²) in [6, 6.07) is 0. The molecule has 2 heteroatoms. The van der Waals surface area contributed by atoms with Crippen molar-refractivity contribution < 1.29 is 10.2 Å². The van der Waals surface area contributed by atoms with Crippen molar-refractivity contribution in [2.75, 3.05) is 6.61 Å². The average Bonchev–Trinajstić information content (AvgIpc) is 2.29. The summed E-state index contributed by atoms with van der Waals surface area (Å²) >= 11 is 0. The van der Waals surface area contributed by atoms with Crippen LogP contribution in [0.3, 0.4) is 0 Å². The molecule has 0 saturated heterocycles. The first-order valence-corrected chi connectivity index (χ1v) is 6.60. The predicted octanol–water partition coefficient (Wildman–Crippen LogP) is 2.34. The monoisotopic (exact) mass is 212 g/mol. The van der Waals surface area contributed by atoms with Gasteiger partial charge in [-0.05, 0) is 30.6 Å². The summed E-state index contributed by atoms with van der Waals surface area (Å²) in [7, 11) is 0. The summed E-state index contributed by atoms with van der Waals surface area (Å²) in [6.07, 6.45) is 9.96. The Morgan fingerprint density at radius 1 is 1.00 bits per heavy atom. The van der Waals surface area contributed by atoms with Gasteiger partial charge in [-0.25, -0.2) is 0 Å². The summed E-state index contributed by atoms with van der Waals surface area (Å²) < 4.78 is 0. The van der Waals surface area contributed by atoms with Crippen LogP contribution in [0, 0.1) is 17.8 Å². The van der Waals surface area contributed by atoms with E-state index in [0.717, 1.165) is 18.3 Å². The number of rotatable bonds is 3. The van der Waals surface area contributed by atoms with Crippen molar-refractivity contribution in [2.45, 2.75) is 57.5 Å². The quantitative estimate of drug-likeness (QED) is 0.754. The maximum Gasteiger partial charge on any atom is 0.0773 e. The van der Waals surface area contributed by atoms with Gasteiger partial charge in [0.15, 0.2) is 0 Å². The fourth-order valence-corrected chi connectivity index (χ4v) is 3.79. The first kappa shape index (κ1) is 11.4. The van der Waals surface area contributed by atoms with E-state index in [9.17, 15) is 5.11 Å². The molecule has 0 amide bonds. The highest BCUT2D eigenvalue weighted by atomic mass is 16.3. The van der Waals surface area contributed by atoms with E-state index in [0.29, 0.717) is 5.92 Å². The fourth-order valence-electron chi connectivity index (χ4n) is 3.79. The lowest BCUT2D eigenvalue weighted by molar-refractivity contribution is 0.0291. The van der Waals surface area contributed by atoms with Crippen LogP contribution < -0.4 is 0 Å². The molecule has 0 bridgehead atoms. The minimum absolute atomic E-state index is 0.0616. The molecular formula is C13H24O2.